The molecule has 1 aromatic carbocycles. The lowest BCUT2D eigenvalue weighted by Crippen LogP contribution is -2.50. The fraction of sp³-hybridized carbons (Fsp3) is 0.464. The Hall–Kier alpha value is -3.13. The first kappa shape index (κ1) is 26.9. The van der Waals surface area contributed by atoms with Gasteiger partial charge in [-0.2, -0.15) is 0 Å². The van der Waals surface area contributed by atoms with Crippen LogP contribution in [0.1, 0.15) is 69.2 Å². The minimum absolute atomic E-state index is 0.0467. The maximum atomic E-state index is 14.4. The van der Waals surface area contributed by atoms with Crippen LogP contribution in [0.25, 0.3) is 16.6 Å². The number of benzene rings is 1. The molecule has 0 unspecified atom stereocenters. The van der Waals surface area contributed by atoms with Gasteiger partial charge in [0.05, 0.1) is 11.1 Å². The molecular formula is C28H34ClFN4O3. The van der Waals surface area contributed by atoms with Crippen molar-refractivity contribution in [2.75, 3.05) is 19.6 Å². The van der Waals surface area contributed by atoms with Crippen LogP contribution in [-0.2, 0) is 4.74 Å². The molecule has 0 N–H and O–H groups in total. The summed E-state index contributed by atoms with van der Waals surface area (Å²) in [7, 11) is 0. The molecule has 3 heterocycles. The Labute approximate surface area is 222 Å². The second kappa shape index (κ2) is 9.97. The molecule has 1 saturated heterocycles. The molecule has 1 fully saturated rings. The molecule has 0 spiro atoms. The van der Waals surface area contributed by atoms with Crippen molar-refractivity contribution >= 4 is 29.1 Å². The zero-order valence-corrected chi connectivity index (χ0v) is 23.2. The van der Waals surface area contributed by atoms with Gasteiger partial charge in [0, 0.05) is 43.4 Å². The standard InChI is InChI=1S/C28H34ClFN4O3/c1-8-33(16(2)3)26(35)23-12-20(30)9-10-21(23)22-11-18(15-34-17(4)31-25(29)24(22)34)19-13-32(14-19)27(36)37-28(5,6)7/h9-12,15-16,19H,8,13-14H2,1-7H3. The van der Waals surface area contributed by atoms with Gasteiger partial charge in [0.25, 0.3) is 5.91 Å². The van der Waals surface area contributed by atoms with Gasteiger partial charge in [-0.3, -0.25) is 4.79 Å². The summed E-state index contributed by atoms with van der Waals surface area (Å²) in [6, 6.07) is 6.20. The Morgan fingerprint density at radius 2 is 1.89 bits per heavy atom. The largest absolute Gasteiger partial charge is 0.444 e. The van der Waals surface area contributed by atoms with Gasteiger partial charge in [-0.15, -0.1) is 0 Å². The second-order valence-electron chi connectivity index (χ2n) is 10.8. The highest BCUT2D eigenvalue weighted by Crippen LogP contribution is 2.38. The molecule has 0 atom stereocenters. The summed E-state index contributed by atoms with van der Waals surface area (Å²) in [5, 5.41) is 0.307. The monoisotopic (exact) mass is 528 g/mol. The van der Waals surface area contributed by atoms with E-state index in [4.69, 9.17) is 16.3 Å². The first-order valence-corrected chi connectivity index (χ1v) is 13.0. The summed E-state index contributed by atoms with van der Waals surface area (Å²) in [5.74, 6) is 0.0296. The van der Waals surface area contributed by atoms with Crippen molar-refractivity contribution < 1.29 is 18.7 Å². The Morgan fingerprint density at radius 1 is 1.22 bits per heavy atom. The third-order valence-electron chi connectivity index (χ3n) is 6.62. The van der Waals surface area contributed by atoms with E-state index < -0.39 is 11.4 Å². The highest BCUT2D eigenvalue weighted by atomic mass is 35.5. The van der Waals surface area contributed by atoms with E-state index in [1.807, 2.05) is 65.1 Å². The lowest BCUT2D eigenvalue weighted by molar-refractivity contribution is 0.00815. The van der Waals surface area contributed by atoms with Gasteiger partial charge in [0.2, 0.25) is 0 Å². The number of imidazole rings is 1. The maximum absolute atomic E-state index is 14.4. The van der Waals surface area contributed by atoms with E-state index in [1.54, 1.807) is 15.9 Å². The van der Waals surface area contributed by atoms with Gasteiger partial charge in [0.1, 0.15) is 17.2 Å². The van der Waals surface area contributed by atoms with Crippen molar-refractivity contribution in [3.8, 4) is 11.1 Å². The van der Waals surface area contributed by atoms with E-state index in [2.05, 4.69) is 4.98 Å². The van der Waals surface area contributed by atoms with E-state index in [1.165, 1.54) is 12.1 Å². The number of hydrogen-bond acceptors (Lipinski definition) is 4. The Kier molecular flexibility index (Phi) is 7.25. The Morgan fingerprint density at radius 3 is 2.49 bits per heavy atom. The summed E-state index contributed by atoms with van der Waals surface area (Å²) in [6.07, 6.45) is 1.63. The predicted octanol–water partition coefficient (Wildman–Crippen LogP) is 6.31. The summed E-state index contributed by atoms with van der Waals surface area (Å²) in [5.41, 5.74) is 2.61. The molecule has 2 aromatic heterocycles. The average Bonchev–Trinajstić information content (AvgIpc) is 3.04. The fourth-order valence-corrected chi connectivity index (χ4v) is 5.07. The Balaban J connectivity index is 1.80. The molecule has 198 valence electrons. The maximum Gasteiger partial charge on any atom is 0.410 e. The lowest BCUT2D eigenvalue weighted by Gasteiger charge is -2.40. The van der Waals surface area contributed by atoms with Crippen molar-refractivity contribution in [3.05, 3.63) is 58.4 Å². The Bertz CT molecular complexity index is 1360. The van der Waals surface area contributed by atoms with Crippen molar-refractivity contribution in [2.24, 2.45) is 0 Å². The van der Waals surface area contributed by atoms with Gasteiger partial charge in [-0.1, -0.05) is 17.7 Å². The normalized spacial score (nSPS) is 14.3. The first-order chi connectivity index (χ1) is 17.3. The number of aromatic nitrogens is 2. The molecule has 9 heteroatoms. The molecular weight excluding hydrogens is 495 g/mol. The molecule has 0 aliphatic carbocycles. The molecule has 0 radical (unpaired) electrons. The van der Waals surface area contributed by atoms with Crippen LogP contribution < -0.4 is 0 Å². The number of carbonyl (C=O) groups is 2. The molecule has 1 aliphatic heterocycles. The van der Waals surface area contributed by atoms with Crippen LogP contribution in [-0.4, -0.2) is 62.5 Å². The van der Waals surface area contributed by atoms with E-state index in [0.29, 0.717) is 47.3 Å². The first-order valence-electron chi connectivity index (χ1n) is 12.6. The van der Waals surface area contributed by atoms with Crippen molar-refractivity contribution in [3.63, 3.8) is 0 Å². The minimum Gasteiger partial charge on any atom is -0.444 e. The van der Waals surface area contributed by atoms with Crippen LogP contribution in [0.2, 0.25) is 5.15 Å². The molecule has 1 aliphatic rings. The number of pyridine rings is 1. The molecule has 0 saturated carbocycles. The van der Waals surface area contributed by atoms with Crippen molar-refractivity contribution in [1.82, 2.24) is 19.2 Å². The van der Waals surface area contributed by atoms with Crippen LogP contribution in [0.4, 0.5) is 9.18 Å². The number of nitrogens with zero attached hydrogens (tertiary/aromatic N) is 4. The molecule has 2 amide bonds. The van der Waals surface area contributed by atoms with Gasteiger partial charge in [-0.05, 0) is 77.8 Å². The van der Waals surface area contributed by atoms with Gasteiger partial charge < -0.3 is 18.9 Å². The number of ether oxygens (including phenoxy) is 1. The highest BCUT2D eigenvalue weighted by molar-refractivity contribution is 6.33. The number of amides is 2. The van der Waals surface area contributed by atoms with Crippen LogP contribution >= 0.6 is 11.6 Å². The summed E-state index contributed by atoms with van der Waals surface area (Å²) >= 11 is 6.57. The number of hydrogen-bond donors (Lipinski definition) is 0. The van der Waals surface area contributed by atoms with E-state index in [9.17, 15) is 14.0 Å². The number of likely N-dealkylation sites (tertiary alicyclic amines) is 1. The predicted molar refractivity (Wildman–Crippen MR) is 143 cm³/mol. The van der Waals surface area contributed by atoms with Crippen molar-refractivity contribution in [2.45, 2.75) is 66.0 Å². The van der Waals surface area contributed by atoms with E-state index in [0.717, 1.165) is 5.56 Å². The van der Waals surface area contributed by atoms with Gasteiger partial charge >= 0.3 is 6.09 Å². The number of aryl methyl sites for hydroxylation is 1. The fourth-order valence-electron chi connectivity index (χ4n) is 4.75. The van der Waals surface area contributed by atoms with Gasteiger partial charge in [-0.25, -0.2) is 14.2 Å². The topological polar surface area (TPSA) is 67.2 Å². The quantitative estimate of drug-likeness (QED) is 0.389. The van der Waals surface area contributed by atoms with E-state index in [-0.39, 0.29) is 29.5 Å². The van der Waals surface area contributed by atoms with Crippen molar-refractivity contribution in [1.29, 1.82) is 0 Å². The molecule has 7 nitrogen and oxygen atoms in total. The number of fused-ring (bicyclic) bond motifs is 1. The van der Waals surface area contributed by atoms with Crippen LogP contribution in [0.3, 0.4) is 0 Å². The molecule has 0 bridgehead atoms. The van der Waals surface area contributed by atoms with Crippen LogP contribution in [0, 0.1) is 12.7 Å². The third kappa shape index (κ3) is 5.30. The lowest BCUT2D eigenvalue weighted by atomic mass is 9.89. The van der Waals surface area contributed by atoms with Gasteiger partial charge in [0.15, 0.2) is 5.15 Å². The average molecular weight is 529 g/mol. The van der Waals surface area contributed by atoms with E-state index >= 15 is 0 Å². The second-order valence-corrected chi connectivity index (χ2v) is 11.2. The van der Waals surface area contributed by atoms with Crippen LogP contribution in [0.5, 0.6) is 0 Å². The number of rotatable bonds is 5. The summed E-state index contributed by atoms with van der Waals surface area (Å²) < 4.78 is 21.8. The molecule has 3 aromatic rings. The molecule has 4 rings (SSSR count). The van der Waals surface area contributed by atoms with Crippen LogP contribution in [0.15, 0.2) is 30.5 Å². The zero-order valence-electron chi connectivity index (χ0n) is 22.4. The third-order valence-corrected chi connectivity index (χ3v) is 6.88. The number of halogens is 2. The summed E-state index contributed by atoms with van der Waals surface area (Å²) in [4.78, 5) is 33.8. The zero-order chi connectivity index (χ0) is 27.2. The minimum atomic E-state index is -0.563. The molecule has 37 heavy (non-hydrogen) atoms. The highest BCUT2D eigenvalue weighted by Gasteiger charge is 2.35. The smallest absolute Gasteiger partial charge is 0.410 e. The SMILES string of the molecule is CCN(C(=O)c1cc(F)ccc1-c1cc(C2CN(C(=O)OC(C)(C)C)C2)cn2c(C)nc(Cl)c12)C(C)C. The number of carbonyl (C=O) groups excluding carboxylic acids is 2. The summed E-state index contributed by atoms with van der Waals surface area (Å²) in [6.45, 7) is 14.7.